The molecule has 234 valence electrons. The van der Waals surface area contributed by atoms with Crippen LogP contribution in [0, 0.1) is 11.8 Å². The second-order valence-electron chi connectivity index (χ2n) is 12.0. The van der Waals surface area contributed by atoms with Crippen LogP contribution in [0.4, 0.5) is 0 Å². The Morgan fingerprint density at radius 2 is 1.21 bits per heavy atom. The number of unbranched alkanes of at least 4 members (excludes halogenated alkanes) is 13. The van der Waals surface area contributed by atoms with E-state index in [0.29, 0.717) is 17.9 Å². The maximum atomic E-state index is 12.8. The second-order valence-corrected chi connectivity index (χ2v) is 12.0. The van der Waals surface area contributed by atoms with Crippen molar-refractivity contribution in [1.82, 2.24) is 4.90 Å². The molecule has 1 aromatic carbocycles. The maximum absolute atomic E-state index is 12.8. The van der Waals surface area contributed by atoms with Crippen molar-refractivity contribution in [3.63, 3.8) is 0 Å². The predicted octanol–water partition coefficient (Wildman–Crippen LogP) is 4.81. The van der Waals surface area contributed by atoms with Crippen molar-refractivity contribution >= 4 is 17.8 Å². The molecule has 0 radical (unpaired) electrons. The minimum atomic E-state index is -1.18. The van der Waals surface area contributed by atoms with Gasteiger partial charge in [0, 0.05) is 0 Å². The molecule has 0 aliphatic carbocycles. The average Bonchev–Trinajstić information content (AvgIpc) is 3.60. The fraction of sp³-hybridized carbons (Fsp3) is 0.727. The molecular weight excluding hydrogens is 538 g/mol. The van der Waals surface area contributed by atoms with E-state index in [9.17, 15) is 24.6 Å². The monoisotopic (exact) mass is 587 g/mol. The van der Waals surface area contributed by atoms with Crippen molar-refractivity contribution in [3.05, 3.63) is 29.8 Å². The third-order valence-corrected chi connectivity index (χ3v) is 8.94. The summed E-state index contributed by atoms with van der Waals surface area (Å²) in [7, 11) is 0. The molecule has 3 heterocycles. The lowest BCUT2D eigenvalue weighted by Crippen LogP contribution is -2.47. The van der Waals surface area contributed by atoms with Gasteiger partial charge in [0.05, 0.1) is 42.8 Å². The van der Waals surface area contributed by atoms with Gasteiger partial charge in [0.2, 0.25) is 11.8 Å². The normalized spacial score (nSPS) is 26.2. The Bertz CT molecular complexity index is 982. The summed E-state index contributed by atoms with van der Waals surface area (Å²) in [5, 5.41) is 20.1. The minimum absolute atomic E-state index is 0.0809. The molecule has 0 aromatic heterocycles. The first-order chi connectivity index (χ1) is 20.4. The number of nitrogens with zero attached hydrogens (tertiary/aromatic N) is 1. The Labute approximate surface area is 249 Å². The molecule has 9 heteroatoms. The van der Waals surface area contributed by atoms with Crippen molar-refractivity contribution < 1.29 is 38.8 Å². The summed E-state index contributed by atoms with van der Waals surface area (Å²) in [5.41, 5.74) is 0.354. The largest absolute Gasteiger partial charge is 0.494 e. The summed E-state index contributed by atoms with van der Waals surface area (Å²) in [6.45, 7) is 2.68. The quantitative estimate of drug-likeness (QED) is 0.127. The Morgan fingerprint density at radius 3 is 1.71 bits per heavy atom. The van der Waals surface area contributed by atoms with E-state index in [2.05, 4.69) is 6.92 Å². The van der Waals surface area contributed by atoms with E-state index in [0.717, 1.165) is 17.7 Å². The van der Waals surface area contributed by atoms with Gasteiger partial charge >= 0.3 is 5.97 Å². The zero-order chi connectivity index (χ0) is 29.9. The topological polar surface area (TPSA) is 123 Å². The van der Waals surface area contributed by atoms with Gasteiger partial charge in [0.25, 0.3) is 0 Å². The van der Waals surface area contributed by atoms with Crippen LogP contribution in [0.5, 0.6) is 5.75 Å². The van der Waals surface area contributed by atoms with Gasteiger partial charge in [-0.05, 0) is 30.7 Å². The van der Waals surface area contributed by atoms with Crippen LogP contribution in [-0.2, 0) is 19.1 Å². The van der Waals surface area contributed by atoms with Crippen LogP contribution < -0.4 is 4.74 Å². The van der Waals surface area contributed by atoms with Gasteiger partial charge in [-0.2, -0.15) is 0 Å². The van der Waals surface area contributed by atoms with E-state index in [4.69, 9.17) is 14.2 Å². The number of fused-ring (bicyclic) bond motifs is 5. The van der Waals surface area contributed by atoms with Gasteiger partial charge in [-0.3, -0.25) is 14.5 Å². The molecule has 1 aromatic rings. The van der Waals surface area contributed by atoms with Crippen LogP contribution in [0.15, 0.2) is 24.3 Å². The molecule has 0 spiro atoms. The number of hydrogen-bond donors (Lipinski definition) is 2. The van der Waals surface area contributed by atoms with Crippen molar-refractivity contribution in [2.24, 2.45) is 11.8 Å². The average molecular weight is 588 g/mol. The second kappa shape index (κ2) is 16.4. The smallest absolute Gasteiger partial charge is 0.338 e. The van der Waals surface area contributed by atoms with Gasteiger partial charge in [0.15, 0.2) is 0 Å². The van der Waals surface area contributed by atoms with E-state index < -0.39 is 54.0 Å². The van der Waals surface area contributed by atoms with Gasteiger partial charge in [-0.15, -0.1) is 0 Å². The van der Waals surface area contributed by atoms with Crippen LogP contribution >= 0.6 is 0 Å². The zero-order valence-electron chi connectivity index (χ0n) is 25.1. The third-order valence-electron chi connectivity index (χ3n) is 8.94. The van der Waals surface area contributed by atoms with Crippen LogP contribution in [0.1, 0.15) is 107 Å². The summed E-state index contributed by atoms with van der Waals surface area (Å²) in [6.07, 6.45) is 14.3. The summed E-state index contributed by atoms with van der Waals surface area (Å²) in [6, 6.07) is 6.75. The van der Waals surface area contributed by atoms with Crippen LogP contribution in [0.3, 0.4) is 0 Å². The molecule has 0 saturated carbocycles. The van der Waals surface area contributed by atoms with Crippen LogP contribution in [0.2, 0.25) is 0 Å². The van der Waals surface area contributed by atoms with Crippen molar-refractivity contribution in [2.45, 2.75) is 121 Å². The van der Waals surface area contributed by atoms with E-state index in [1.165, 1.54) is 77.0 Å². The first-order valence-corrected chi connectivity index (χ1v) is 16.2. The summed E-state index contributed by atoms with van der Waals surface area (Å²) >= 11 is 0. The number of aliphatic hydroxyl groups is 2. The van der Waals surface area contributed by atoms with Crippen molar-refractivity contribution in [3.8, 4) is 5.75 Å². The molecular formula is C33H49NO8. The van der Waals surface area contributed by atoms with Crippen LogP contribution in [-0.4, -0.2) is 77.1 Å². The zero-order valence-corrected chi connectivity index (χ0v) is 25.1. The summed E-state index contributed by atoms with van der Waals surface area (Å²) in [4.78, 5) is 39.0. The highest BCUT2D eigenvalue weighted by molar-refractivity contribution is 6.06. The molecule has 3 fully saturated rings. The van der Waals surface area contributed by atoms with Gasteiger partial charge in [-0.25, -0.2) is 4.79 Å². The lowest BCUT2D eigenvalue weighted by Gasteiger charge is -2.25. The number of benzene rings is 1. The van der Waals surface area contributed by atoms with Gasteiger partial charge < -0.3 is 24.4 Å². The number of esters is 1. The fourth-order valence-corrected chi connectivity index (χ4v) is 6.50. The fourth-order valence-electron chi connectivity index (χ4n) is 6.50. The number of imide groups is 1. The Balaban J connectivity index is 1.02. The van der Waals surface area contributed by atoms with Crippen LogP contribution in [0.25, 0.3) is 0 Å². The first-order valence-electron chi connectivity index (χ1n) is 16.2. The molecule has 3 aliphatic rings. The Kier molecular flexibility index (Phi) is 12.6. The highest BCUT2D eigenvalue weighted by Gasteiger charge is 2.68. The number of amides is 2. The number of ether oxygens (including phenoxy) is 3. The molecule has 2 bridgehead atoms. The number of rotatable bonds is 20. The van der Waals surface area contributed by atoms with Crippen molar-refractivity contribution in [2.75, 3.05) is 19.8 Å². The Hall–Kier alpha value is -2.49. The molecule has 2 amide bonds. The highest BCUT2D eigenvalue weighted by Crippen LogP contribution is 2.48. The molecule has 9 nitrogen and oxygen atoms in total. The lowest BCUT2D eigenvalue weighted by atomic mass is 9.78. The minimum Gasteiger partial charge on any atom is -0.494 e. The molecule has 4 rings (SSSR count). The maximum Gasteiger partial charge on any atom is 0.338 e. The van der Waals surface area contributed by atoms with E-state index in [-0.39, 0.29) is 13.2 Å². The van der Waals surface area contributed by atoms with E-state index in [1.807, 2.05) is 0 Å². The predicted molar refractivity (Wildman–Crippen MR) is 157 cm³/mol. The number of likely N-dealkylation sites (tertiary alicyclic amines) is 1. The Morgan fingerprint density at radius 1 is 0.738 bits per heavy atom. The number of carbonyl (C=O) groups excluding carboxylic acids is 3. The molecule has 6 atom stereocenters. The third kappa shape index (κ3) is 8.11. The summed E-state index contributed by atoms with van der Waals surface area (Å²) < 4.78 is 16.6. The summed E-state index contributed by atoms with van der Waals surface area (Å²) in [5.74, 6) is -2.37. The molecule has 3 saturated heterocycles. The standard InChI is InChI=1S/C33H49NO8/c1-2-3-4-5-6-7-8-9-10-11-12-13-14-15-21-40-24-18-16-23(17-19-24)33(39)41-22-20-34-31(37)25-26(32(34)38)30-28(36)27(35)29(25)42-30/h16-19,25-30,35-36H,2-15,20-22H2,1H3. The molecule has 42 heavy (non-hydrogen) atoms. The number of aliphatic hydroxyl groups excluding tert-OH is 2. The highest BCUT2D eigenvalue weighted by atomic mass is 16.6. The molecule has 2 N–H and O–H groups in total. The number of carbonyl (C=O) groups is 3. The number of hydrogen-bond acceptors (Lipinski definition) is 8. The van der Waals surface area contributed by atoms with Crippen molar-refractivity contribution in [1.29, 1.82) is 0 Å². The molecule has 6 unspecified atom stereocenters. The SMILES string of the molecule is CCCCCCCCCCCCCCCCOc1ccc(C(=O)OCCN2C(=O)C3C4OC(C(O)C4O)C3C2=O)cc1. The van der Waals surface area contributed by atoms with E-state index in [1.54, 1.807) is 24.3 Å². The lowest BCUT2D eigenvalue weighted by molar-refractivity contribution is -0.143. The van der Waals surface area contributed by atoms with E-state index >= 15 is 0 Å². The molecule has 3 aliphatic heterocycles. The first kappa shape index (κ1) is 32.4. The van der Waals surface area contributed by atoms with Gasteiger partial charge in [0.1, 0.15) is 24.6 Å². The van der Waals surface area contributed by atoms with Gasteiger partial charge in [-0.1, -0.05) is 90.4 Å².